The average molecular weight is 190 g/mol. The predicted octanol–water partition coefficient (Wildman–Crippen LogP) is -0.393. The minimum absolute atomic E-state index is 0.0182. The van der Waals surface area contributed by atoms with Gasteiger partial charge in [-0.3, -0.25) is 0 Å². The van der Waals surface area contributed by atoms with E-state index in [4.69, 9.17) is 10.5 Å². The number of amidine groups is 1. The molecule has 1 aliphatic rings. The number of nitrogens with two attached hydrogens (primary N) is 1. The summed E-state index contributed by atoms with van der Waals surface area (Å²) in [6.07, 6.45) is 1.31. The molecule has 0 radical (unpaired) electrons. The number of hydrogen-bond donors (Lipinski definition) is 1. The zero-order valence-electron chi connectivity index (χ0n) is 6.65. The number of sulfonamides is 1. The van der Waals surface area contributed by atoms with Crippen LogP contribution < -0.4 is 5.73 Å². The summed E-state index contributed by atoms with van der Waals surface area (Å²) >= 11 is 0. The second-order valence-corrected chi connectivity index (χ2v) is 3.90. The van der Waals surface area contributed by atoms with Crippen molar-refractivity contribution in [1.29, 1.82) is 0 Å². The second-order valence-electron chi connectivity index (χ2n) is 2.24. The summed E-state index contributed by atoms with van der Waals surface area (Å²) in [6.45, 7) is 2.29. The third kappa shape index (κ3) is 1.83. The van der Waals surface area contributed by atoms with E-state index in [-0.39, 0.29) is 17.3 Å². The number of ether oxygens (including phenoxy) is 1. The van der Waals surface area contributed by atoms with E-state index in [1.54, 1.807) is 6.92 Å². The smallest absolute Gasteiger partial charge is 0.282 e. The van der Waals surface area contributed by atoms with Gasteiger partial charge < -0.3 is 10.5 Å². The Kier molecular flexibility index (Phi) is 2.49. The predicted molar refractivity (Wildman–Crippen MR) is 45.1 cm³/mol. The quantitative estimate of drug-likeness (QED) is 0.657. The molecule has 68 valence electrons. The minimum Gasteiger partial charge on any atom is -0.383 e. The van der Waals surface area contributed by atoms with Crippen molar-refractivity contribution in [2.45, 2.75) is 6.92 Å². The molecule has 1 aliphatic heterocycles. The first-order chi connectivity index (χ1) is 5.56. The molecular formula is C6H10N2O3S. The van der Waals surface area contributed by atoms with E-state index in [0.717, 1.165) is 0 Å². The third-order valence-electron chi connectivity index (χ3n) is 1.31. The van der Waals surface area contributed by atoms with E-state index in [1.807, 2.05) is 0 Å². The lowest BCUT2D eigenvalue weighted by molar-refractivity contribution is 0.175. The Hall–Kier alpha value is -0.880. The summed E-state index contributed by atoms with van der Waals surface area (Å²) in [7, 11) is -3.51. The largest absolute Gasteiger partial charge is 0.383 e. The SMILES string of the molecule is CCOCC1=CC(N)=NS1(=O)=O. The maximum atomic E-state index is 11.1. The van der Waals surface area contributed by atoms with Crippen molar-refractivity contribution >= 4 is 15.9 Å². The molecule has 0 aromatic heterocycles. The van der Waals surface area contributed by atoms with Gasteiger partial charge in [0.25, 0.3) is 10.0 Å². The molecule has 0 aliphatic carbocycles. The van der Waals surface area contributed by atoms with Crippen LogP contribution in [0.15, 0.2) is 15.4 Å². The molecule has 0 atom stereocenters. The lowest BCUT2D eigenvalue weighted by atomic mass is 10.5. The molecule has 0 unspecified atom stereocenters. The van der Waals surface area contributed by atoms with Gasteiger partial charge in [-0.15, -0.1) is 4.40 Å². The maximum absolute atomic E-state index is 11.1. The van der Waals surface area contributed by atoms with Crippen LogP contribution in [0, 0.1) is 0 Å². The van der Waals surface area contributed by atoms with Gasteiger partial charge in [0, 0.05) is 6.61 Å². The molecule has 0 saturated carbocycles. The number of nitrogens with zero attached hydrogens (tertiary/aromatic N) is 1. The van der Waals surface area contributed by atoms with Crippen LogP contribution in [-0.4, -0.2) is 27.5 Å². The van der Waals surface area contributed by atoms with Crippen LogP contribution in [0.2, 0.25) is 0 Å². The Bertz CT molecular complexity index is 329. The zero-order chi connectivity index (χ0) is 9.19. The highest BCUT2D eigenvalue weighted by molar-refractivity contribution is 7.94. The summed E-state index contributed by atoms with van der Waals surface area (Å²) in [5.41, 5.74) is 5.21. The van der Waals surface area contributed by atoms with Crippen LogP contribution in [0.5, 0.6) is 0 Å². The van der Waals surface area contributed by atoms with Gasteiger partial charge in [-0.1, -0.05) is 0 Å². The lowest BCUT2D eigenvalue weighted by Gasteiger charge is -1.99. The molecule has 0 saturated heterocycles. The van der Waals surface area contributed by atoms with Crippen molar-refractivity contribution in [2.75, 3.05) is 13.2 Å². The topological polar surface area (TPSA) is 81.8 Å². The molecule has 5 nitrogen and oxygen atoms in total. The van der Waals surface area contributed by atoms with Crippen LogP contribution in [0.1, 0.15) is 6.92 Å². The highest BCUT2D eigenvalue weighted by atomic mass is 32.2. The monoisotopic (exact) mass is 190 g/mol. The summed E-state index contributed by atoms with van der Waals surface area (Å²) in [6, 6.07) is 0. The van der Waals surface area contributed by atoms with E-state index in [1.165, 1.54) is 6.08 Å². The average Bonchev–Trinajstić information content (AvgIpc) is 2.20. The first-order valence-electron chi connectivity index (χ1n) is 3.45. The Morgan fingerprint density at radius 2 is 2.33 bits per heavy atom. The van der Waals surface area contributed by atoms with Gasteiger partial charge in [0.15, 0.2) is 0 Å². The molecule has 0 aromatic carbocycles. The van der Waals surface area contributed by atoms with Crippen molar-refractivity contribution < 1.29 is 13.2 Å². The third-order valence-corrected chi connectivity index (χ3v) is 2.66. The highest BCUT2D eigenvalue weighted by Crippen LogP contribution is 2.14. The van der Waals surface area contributed by atoms with Crippen LogP contribution in [0.4, 0.5) is 0 Å². The molecule has 0 fully saturated rings. The minimum atomic E-state index is -3.51. The number of hydrogen-bond acceptors (Lipinski definition) is 4. The van der Waals surface area contributed by atoms with Crippen LogP contribution in [0.25, 0.3) is 0 Å². The molecule has 2 N–H and O–H groups in total. The molecular weight excluding hydrogens is 180 g/mol. The van der Waals surface area contributed by atoms with E-state index in [2.05, 4.69) is 4.40 Å². The molecule has 0 bridgehead atoms. The van der Waals surface area contributed by atoms with Crippen molar-refractivity contribution in [3.05, 3.63) is 11.0 Å². The first kappa shape index (κ1) is 9.21. The van der Waals surface area contributed by atoms with Crippen LogP contribution in [0.3, 0.4) is 0 Å². The molecule has 0 spiro atoms. The van der Waals surface area contributed by atoms with Crippen LogP contribution >= 0.6 is 0 Å². The van der Waals surface area contributed by atoms with Gasteiger partial charge in [-0.05, 0) is 13.0 Å². The summed E-state index contributed by atoms with van der Waals surface area (Å²) in [5.74, 6) is 0.0182. The van der Waals surface area contributed by atoms with E-state index >= 15 is 0 Å². The fourth-order valence-corrected chi connectivity index (χ4v) is 1.73. The van der Waals surface area contributed by atoms with Crippen molar-refractivity contribution in [3.8, 4) is 0 Å². The molecule has 12 heavy (non-hydrogen) atoms. The van der Waals surface area contributed by atoms with Crippen LogP contribution in [-0.2, 0) is 14.8 Å². The van der Waals surface area contributed by atoms with Crippen molar-refractivity contribution in [2.24, 2.45) is 10.1 Å². The standard InChI is InChI=1S/C6H10N2O3S/c1-2-11-4-5-3-6(7)8-12(5,9)10/h3H,2,4H2,1H3,(H2,7,8). The lowest BCUT2D eigenvalue weighted by Crippen LogP contribution is -2.04. The molecule has 1 rings (SSSR count). The van der Waals surface area contributed by atoms with E-state index in [9.17, 15) is 8.42 Å². The van der Waals surface area contributed by atoms with Gasteiger partial charge in [-0.25, -0.2) is 0 Å². The van der Waals surface area contributed by atoms with Gasteiger partial charge in [0.2, 0.25) is 0 Å². The molecule has 0 amide bonds. The Balaban J connectivity index is 2.76. The van der Waals surface area contributed by atoms with Gasteiger partial charge in [-0.2, -0.15) is 8.42 Å². The maximum Gasteiger partial charge on any atom is 0.282 e. The fourth-order valence-electron chi connectivity index (χ4n) is 0.782. The fraction of sp³-hybridized carbons (Fsp3) is 0.500. The molecule has 1 heterocycles. The Labute approximate surface area is 71.0 Å². The second kappa shape index (κ2) is 3.24. The van der Waals surface area contributed by atoms with Gasteiger partial charge in [0.1, 0.15) is 5.84 Å². The van der Waals surface area contributed by atoms with E-state index in [0.29, 0.717) is 6.61 Å². The first-order valence-corrected chi connectivity index (χ1v) is 4.89. The summed E-state index contributed by atoms with van der Waals surface area (Å²) < 4.78 is 30.3. The highest BCUT2D eigenvalue weighted by Gasteiger charge is 2.22. The molecule has 0 aromatic rings. The van der Waals surface area contributed by atoms with Gasteiger partial charge >= 0.3 is 0 Å². The summed E-state index contributed by atoms with van der Waals surface area (Å²) in [5, 5.41) is 0. The Morgan fingerprint density at radius 3 is 2.75 bits per heavy atom. The van der Waals surface area contributed by atoms with Crippen molar-refractivity contribution in [3.63, 3.8) is 0 Å². The van der Waals surface area contributed by atoms with E-state index < -0.39 is 10.0 Å². The normalized spacial score (nSPS) is 20.4. The summed E-state index contributed by atoms with van der Waals surface area (Å²) in [4.78, 5) is 0.127. The number of rotatable bonds is 3. The zero-order valence-corrected chi connectivity index (χ0v) is 7.47. The van der Waals surface area contributed by atoms with Gasteiger partial charge in [0.05, 0.1) is 11.5 Å². The Morgan fingerprint density at radius 1 is 1.67 bits per heavy atom. The van der Waals surface area contributed by atoms with Crippen molar-refractivity contribution in [1.82, 2.24) is 0 Å². The molecule has 6 heteroatoms.